The Kier molecular flexibility index (Phi) is 3.30. The van der Waals surface area contributed by atoms with Crippen LogP contribution in [0.25, 0.3) is 10.9 Å². The van der Waals surface area contributed by atoms with Crippen molar-refractivity contribution in [3.8, 4) is 0 Å². The molecule has 0 aliphatic rings. The van der Waals surface area contributed by atoms with E-state index in [1.165, 1.54) is 12.3 Å². The Morgan fingerprint density at radius 3 is 2.47 bits per heavy atom. The molecular formula is C14H12F3NO. The summed E-state index contributed by atoms with van der Waals surface area (Å²) in [7, 11) is 0. The minimum absolute atomic E-state index is 0.0300. The van der Waals surface area contributed by atoms with Gasteiger partial charge in [0.25, 0.3) is 0 Å². The van der Waals surface area contributed by atoms with E-state index in [9.17, 15) is 18.0 Å². The molecule has 19 heavy (non-hydrogen) atoms. The molecule has 0 atom stereocenters. The summed E-state index contributed by atoms with van der Waals surface area (Å²) in [4.78, 5) is 14.9. The molecule has 0 aliphatic carbocycles. The number of hydrogen-bond donors (Lipinski definition) is 0. The molecule has 1 aromatic heterocycles. The van der Waals surface area contributed by atoms with Crippen molar-refractivity contribution >= 4 is 17.2 Å². The first kappa shape index (κ1) is 13.5. The zero-order valence-corrected chi connectivity index (χ0v) is 10.5. The molecule has 100 valence electrons. The highest BCUT2D eigenvalue weighted by Gasteiger charge is 2.30. The standard InChI is InChI=1S/C14H12F3NO/c1-8(2)13-9(7-19)6-18-12-5-10(14(15,16)17)3-4-11(12)13/h3-8H,1-2H3. The second-order valence-electron chi connectivity index (χ2n) is 4.63. The van der Waals surface area contributed by atoms with Gasteiger partial charge in [0.05, 0.1) is 11.1 Å². The van der Waals surface area contributed by atoms with Gasteiger partial charge in [0.1, 0.15) is 0 Å². The average molecular weight is 267 g/mol. The number of hydrogen-bond acceptors (Lipinski definition) is 2. The van der Waals surface area contributed by atoms with Gasteiger partial charge in [0.2, 0.25) is 0 Å². The quantitative estimate of drug-likeness (QED) is 0.764. The van der Waals surface area contributed by atoms with Crippen molar-refractivity contribution in [2.75, 3.05) is 0 Å². The van der Waals surface area contributed by atoms with Crippen LogP contribution in [-0.4, -0.2) is 11.3 Å². The summed E-state index contributed by atoms with van der Waals surface area (Å²) in [5, 5.41) is 0.590. The SMILES string of the molecule is CC(C)c1c(C=O)cnc2cc(C(F)(F)F)ccc12. The van der Waals surface area contributed by atoms with Crippen molar-refractivity contribution in [1.82, 2.24) is 4.98 Å². The molecule has 2 aromatic rings. The predicted octanol–water partition coefficient (Wildman–Crippen LogP) is 4.19. The highest BCUT2D eigenvalue weighted by molar-refractivity contribution is 5.91. The van der Waals surface area contributed by atoms with Gasteiger partial charge in [-0.2, -0.15) is 13.2 Å². The summed E-state index contributed by atoms with van der Waals surface area (Å²) in [6.45, 7) is 3.78. The number of nitrogens with zero attached hydrogens (tertiary/aromatic N) is 1. The fourth-order valence-corrected chi connectivity index (χ4v) is 2.14. The Hall–Kier alpha value is -1.91. The van der Waals surface area contributed by atoms with E-state index in [2.05, 4.69) is 4.98 Å². The van der Waals surface area contributed by atoms with E-state index in [0.717, 1.165) is 17.7 Å². The molecule has 0 amide bonds. The van der Waals surface area contributed by atoms with Crippen molar-refractivity contribution in [3.05, 3.63) is 41.1 Å². The Morgan fingerprint density at radius 1 is 1.26 bits per heavy atom. The largest absolute Gasteiger partial charge is 0.416 e. The molecule has 0 saturated carbocycles. The number of aldehydes is 1. The summed E-state index contributed by atoms with van der Waals surface area (Å²) < 4.78 is 37.9. The fourth-order valence-electron chi connectivity index (χ4n) is 2.14. The highest BCUT2D eigenvalue weighted by Crippen LogP contribution is 2.33. The molecule has 0 N–H and O–H groups in total. The zero-order chi connectivity index (χ0) is 14.2. The summed E-state index contributed by atoms with van der Waals surface area (Å²) in [6.07, 6.45) is -2.39. The van der Waals surface area contributed by atoms with Crippen molar-refractivity contribution in [2.45, 2.75) is 25.9 Å². The number of carbonyl (C=O) groups is 1. The molecular weight excluding hydrogens is 255 g/mol. The molecule has 1 heterocycles. The lowest BCUT2D eigenvalue weighted by Gasteiger charge is -2.14. The average Bonchev–Trinajstić information content (AvgIpc) is 2.35. The van der Waals surface area contributed by atoms with Crippen LogP contribution in [0.5, 0.6) is 0 Å². The molecule has 2 nitrogen and oxygen atoms in total. The van der Waals surface area contributed by atoms with Gasteiger partial charge in [-0.3, -0.25) is 9.78 Å². The number of rotatable bonds is 2. The lowest BCUT2D eigenvalue weighted by atomic mass is 9.94. The van der Waals surface area contributed by atoms with E-state index in [-0.39, 0.29) is 11.4 Å². The van der Waals surface area contributed by atoms with Gasteiger partial charge in [0, 0.05) is 17.1 Å². The van der Waals surface area contributed by atoms with Crippen molar-refractivity contribution in [1.29, 1.82) is 0 Å². The first-order chi connectivity index (χ1) is 8.84. The molecule has 0 unspecified atom stereocenters. The second kappa shape index (κ2) is 4.64. The van der Waals surface area contributed by atoms with Crippen molar-refractivity contribution in [2.24, 2.45) is 0 Å². The maximum absolute atomic E-state index is 12.6. The minimum Gasteiger partial charge on any atom is -0.298 e. The van der Waals surface area contributed by atoms with Crippen LogP contribution in [0.4, 0.5) is 13.2 Å². The third kappa shape index (κ3) is 2.45. The van der Waals surface area contributed by atoms with Gasteiger partial charge >= 0.3 is 6.18 Å². The molecule has 2 rings (SSSR count). The Labute approximate surface area is 108 Å². The van der Waals surface area contributed by atoms with Gasteiger partial charge in [-0.15, -0.1) is 0 Å². The van der Waals surface area contributed by atoms with Crippen LogP contribution in [0.15, 0.2) is 24.4 Å². The van der Waals surface area contributed by atoms with Gasteiger partial charge < -0.3 is 0 Å². The Bertz CT molecular complexity index is 632. The van der Waals surface area contributed by atoms with Crippen molar-refractivity contribution in [3.63, 3.8) is 0 Å². The minimum atomic E-state index is -4.39. The smallest absolute Gasteiger partial charge is 0.298 e. The van der Waals surface area contributed by atoms with Gasteiger partial charge in [-0.25, -0.2) is 0 Å². The lowest BCUT2D eigenvalue weighted by molar-refractivity contribution is -0.137. The number of carbonyl (C=O) groups excluding carboxylic acids is 1. The van der Waals surface area contributed by atoms with Crippen molar-refractivity contribution < 1.29 is 18.0 Å². The number of halogens is 3. The molecule has 0 saturated heterocycles. The number of fused-ring (bicyclic) bond motifs is 1. The predicted molar refractivity (Wildman–Crippen MR) is 66.2 cm³/mol. The van der Waals surface area contributed by atoms with E-state index in [4.69, 9.17) is 0 Å². The highest BCUT2D eigenvalue weighted by atomic mass is 19.4. The zero-order valence-electron chi connectivity index (χ0n) is 10.5. The maximum Gasteiger partial charge on any atom is 0.416 e. The summed E-state index contributed by atoms with van der Waals surface area (Å²) in [5.41, 5.74) is 0.668. The number of pyridine rings is 1. The van der Waals surface area contributed by atoms with E-state index in [0.29, 0.717) is 17.2 Å². The van der Waals surface area contributed by atoms with Gasteiger partial charge in [0.15, 0.2) is 6.29 Å². The Morgan fingerprint density at radius 2 is 1.95 bits per heavy atom. The van der Waals surface area contributed by atoms with E-state index in [1.54, 1.807) is 0 Å². The van der Waals surface area contributed by atoms with Crippen LogP contribution in [0.2, 0.25) is 0 Å². The Balaban J connectivity index is 2.75. The monoisotopic (exact) mass is 267 g/mol. The third-order valence-electron chi connectivity index (χ3n) is 2.97. The van der Waals surface area contributed by atoms with Gasteiger partial charge in [-0.1, -0.05) is 19.9 Å². The topological polar surface area (TPSA) is 30.0 Å². The molecule has 0 aliphatic heterocycles. The molecule has 0 bridgehead atoms. The molecule has 1 aromatic carbocycles. The van der Waals surface area contributed by atoms with Crippen LogP contribution in [-0.2, 0) is 6.18 Å². The van der Waals surface area contributed by atoms with E-state index < -0.39 is 11.7 Å². The maximum atomic E-state index is 12.6. The van der Waals surface area contributed by atoms with E-state index >= 15 is 0 Å². The first-order valence-corrected chi connectivity index (χ1v) is 5.79. The number of benzene rings is 1. The normalized spacial score (nSPS) is 12.1. The van der Waals surface area contributed by atoms with Crippen LogP contribution in [0.3, 0.4) is 0 Å². The van der Waals surface area contributed by atoms with Gasteiger partial charge in [-0.05, 0) is 23.6 Å². The van der Waals surface area contributed by atoms with E-state index in [1.807, 2.05) is 13.8 Å². The third-order valence-corrected chi connectivity index (χ3v) is 2.97. The van der Waals surface area contributed by atoms with Crippen LogP contribution in [0, 0.1) is 0 Å². The molecule has 5 heteroatoms. The summed E-state index contributed by atoms with van der Waals surface area (Å²) in [5.74, 6) is 0.0300. The first-order valence-electron chi connectivity index (χ1n) is 5.79. The summed E-state index contributed by atoms with van der Waals surface area (Å²) >= 11 is 0. The van der Waals surface area contributed by atoms with Crippen LogP contribution in [0.1, 0.15) is 41.3 Å². The molecule has 0 fully saturated rings. The van der Waals surface area contributed by atoms with Crippen LogP contribution < -0.4 is 0 Å². The molecule has 0 radical (unpaired) electrons. The fraction of sp³-hybridized carbons (Fsp3) is 0.286. The molecule has 0 spiro atoms. The summed E-state index contributed by atoms with van der Waals surface area (Å²) in [6, 6.07) is 3.41. The second-order valence-corrected chi connectivity index (χ2v) is 4.63. The lowest BCUT2D eigenvalue weighted by Crippen LogP contribution is -2.06. The number of alkyl halides is 3. The van der Waals surface area contributed by atoms with Crippen LogP contribution >= 0.6 is 0 Å². The number of aromatic nitrogens is 1.